The molecule has 1 aromatic carbocycles. The molecule has 2 heterocycles. The van der Waals surface area contributed by atoms with Gasteiger partial charge in [-0.05, 0) is 41.5 Å². The molecule has 0 saturated carbocycles. The van der Waals surface area contributed by atoms with E-state index >= 15 is 0 Å². The second-order valence-electron chi connectivity index (χ2n) is 4.25. The van der Waals surface area contributed by atoms with Crippen LogP contribution in [-0.2, 0) is 19.0 Å². The molecule has 0 amide bonds. The number of hydrogen-bond acceptors (Lipinski definition) is 5. The lowest BCUT2D eigenvalue weighted by atomic mass is 10.1. The van der Waals surface area contributed by atoms with Crippen LogP contribution < -0.4 is 5.56 Å². The Morgan fingerprint density at radius 1 is 1.40 bits per heavy atom. The predicted molar refractivity (Wildman–Crippen MR) is 85.4 cm³/mol. The van der Waals surface area contributed by atoms with Crippen molar-refractivity contribution < 1.29 is 0 Å². The molecule has 102 valence electrons. The summed E-state index contributed by atoms with van der Waals surface area (Å²) in [6.07, 6.45) is 0.976. The Hall–Kier alpha value is -1.57. The van der Waals surface area contributed by atoms with Crippen LogP contribution >= 0.6 is 23.6 Å². The van der Waals surface area contributed by atoms with E-state index in [1.807, 2.05) is 24.3 Å². The number of aryl methyl sites for hydroxylation is 1. The topological polar surface area (TPSA) is 50.7 Å². The van der Waals surface area contributed by atoms with Crippen LogP contribution in [0, 0.1) is 3.95 Å². The number of hydrogen-bond donors (Lipinski definition) is 1. The third-order valence-electron chi connectivity index (χ3n) is 3.02. The van der Waals surface area contributed by atoms with Gasteiger partial charge >= 0.3 is 0 Å². The monoisotopic (exact) mass is 320 g/mol. The SMILES string of the molecule is CCc1ccc(-n2c(=S)sc3c(=O)[nH]c([S-])nc32)cc1. The molecule has 3 aromatic rings. The molecule has 0 aliphatic carbocycles. The molecule has 0 aliphatic rings. The number of aromatic amines is 1. The van der Waals surface area contributed by atoms with Crippen LogP contribution in [0.1, 0.15) is 12.5 Å². The molecule has 0 saturated heterocycles. The maximum Gasteiger partial charge on any atom is 0.269 e. The van der Waals surface area contributed by atoms with Crippen molar-refractivity contribution in [2.45, 2.75) is 18.5 Å². The summed E-state index contributed by atoms with van der Waals surface area (Å²) in [6.45, 7) is 2.10. The van der Waals surface area contributed by atoms with E-state index in [4.69, 9.17) is 24.8 Å². The van der Waals surface area contributed by atoms with Crippen molar-refractivity contribution in [3.8, 4) is 5.69 Å². The summed E-state index contributed by atoms with van der Waals surface area (Å²) in [4.78, 5) is 18.6. The van der Waals surface area contributed by atoms with E-state index in [9.17, 15) is 4.79 Å². The number of rotatable bonds is 2. The Morgan fingerprint density at radius 2 is 2.10 bits per heavy atom. The van der Waals surface area contributed by atoms with Crippen LogP contribution in [0.15, 0.2) is 34.2 Å². The number of nitrogens with one attached hydrogen (secondary N) is 1. The van der Waals surface area contributed by atoms with Gasteiger partial charge in [0.15, 0.2) is 9.60 Å². The Kier molecular flexibility index (Phi) is 3.41. The lowest BCUT2D eigenvalue weighted by molar-refractivity contribution is 0.947. The molecule has 0 atom stereocenters. The molecule has 3 rings (SSSR count). The van der Waals surface area contributed by atoms with Gasteiger partial charge in [0.2, 0.25) is 0 Å². The van der Waals surface area contributed by atoms with Crippen LogP contribution in [0.5, 0.6) is 0 Å². The lowest BCUT2D eigenvalue weighted by Crippen LogP contribution is -2.09. The van der Waals surface area contributed by atoms with Gasteiger partial charge in [-0.1, -0.05) is 30.4 Å². The summed E-state index contributed by atoms with van der Waals surface area (Å²) >= 11 is 11.6. The minimum Gasteiger partial charge on any atom is -0.742 e. The quantitative estimate of drug-likeness (QED) is 0.448. The third kappa shape index (κ3) is 2.17. The number of H-pyrrole nitrogens is 1. The van der Waals surface area contributed by atoms with E-state index in [1.165, 1.54) is 16.9 Å². The van der Waals surface area contributed by atoms with Crippen LogP contribution in [0.2, 0.25) is 0 Å². The van der Waals surface area contributed by atoms with E-state index in [0.717, 1.165) is 12.1 Å². The molecule has 0 bridgehead atoms. The molecule has 0 radical (unpaired) electrons. The van der Waals surface area contributed by atoms with Gasteiger partial charge in [0.1, 0.15) is 4.70 Å². The summed E-state index contributed by atoms with van der Waals surface area (Å²) in [5.41, 5.74) is 2.43. The average Bonchev–Trinajstić information content (AvgIpc) is 2.76. The molecule has 7 heteroatoms. The molecule has 4 nitrogen and oxygen atoms in total. The van der Waals surface area contributed by atoms with E-state index in [0.29, 0.717) is 14.3 Å². The Labute approximate surface area is 129 Å². The lowest BCUT2D eigenvalue weighted by Gasteiger charge is -2.07. The number of benzene rings is 1. The largest absolute Gasteiger partial charge is 0.742 e. The van der Waals surface area contributed by atoms with Crippen molar-refractivity contribution in [2.75, 3.05) is 0 Å². The fourth-order valence-electron chi connectivity index (χ4n) is 2.00. The number of aromatic nitrogens is 3. The highest BCUT2D eigenvalue weighted by molar-refractivity contribution is 7.73. The number of thiazole rings is 1. The molecule has 2 aromatic heterocycles. The van der Waals surface area contributed by atoms with E-state index in [-0.39, 0.29) is 10.7 Å². The van der Waals surface area contributed by atoms with Crippen LogP contribution in [-0.4, -0.2) is 14.5 Å². The molecule has 0 spiro atoms. The Morgan fingerprint density at radius 3 is 2.75 bits per heavy atom. The zero-order chi connectivity index (χ0) is 14.3. The second-order valence-corrected chi connectivity index (χ2v) is 6.28. The number of nitrogens with zero attached hydrogens (tertiary/aromatic N) is 2. The van der Waals surface area contributed by atoms with Gasteiger partial charge in [0.25, 0.3) is 5.56 Å². The van der Waals surface area contributed by atoms with Crippen molar-refractivity contribution in [1.29, 1.82) is 0 Å². The molecule has 1 N–H and O–H groups in total. The maximum absolute atomic E-state index is 11.9. The van der Waals surface area contributed by atoms with Gasteiger partial charge in [-0.3, -0.25) is 9.36 Å². The smallest absolute Gasteiger partial charge is 0.269 e. The number of fused-ring (bicyclic) bond motifs is 1. The first-order valence-corrected chi connectivity index (χ1v) is 7.65. The van der Waals surface area contributed by atoms with Crippen molar-refractivity contribution in [1.82, 2.24) is 14.5 Å². The van der Waals surface area contributed by atoms with Gasteiger partial charge in [-0.2, -0.15) is 0 Å². The van der Waals surface area contributed by atoms with Crippen LogP contribution in [0.4, 0.5) is 0 Å². The summed E-state index contributed by atoms with van der Waals surface area (Å²) in [5, 5.41) is 0.175. The van der Waals surface area contributed by atoms with E-state index in [1.54, 1.807) is 4.57 Å². The van der Waals surface area contributed by atoms with Gasteiger partial charge < -0.3 is 17.6 Å². The summed E-state index contributed by atoms with van der Waals surface area (Å²) < 4.78 is 2.88. The highest BCUT2D eigenvalue weighted by Crippen LogP contribution is 2.23. The minimum atomic E-state index is -0.236. The molecular weight excluding hydrogens is 310 g/mol. The maximum atomic E-state index is 11.9. The Bertz CT molecular complexity index is 890. The summed E-state index contributed by atoms with van der Waals surface area (Å²) in [6, 6.07) is 8.05. The molecule has 0 unspecified atom stereocenters. The van der Waals surface area contributed by atoms with Gasteiger partial charge in [0.05, 0.1) is 0 Å². The van der Waals surface area contributed by atoms with Crippen molar-refractivity contribution in [3.63, 3.8) is 0 Å². The first-order valence-electron chi connectivity index (χ1n) is 6.02. The Balaban J connectivity index is 2.32. The summed E-state index contributed by atoms with van der Waals surface area (Å²) in [5.74, 6) is 0. The van der Waals surface area contributed by atoms with Crippen LogP contribution in [0.3, 0.4) is 0 Å². The van der Waals surface area contributed by atoms with Gasteiger partial charge in [0, 0.05) is 5.69 Å². The van der Waals surface area contributed by atoms with Crippen LogP contribution in [0.25, 0.3) is 16.0 Å². The normalized spacial score (nSPS) is 11.1. The highest BCUT2D eigenvalue weighted by atomic mass is 32.1. The average molecular weight is 320 g/mol. The standard InChI is InChI=1S/C13H11N3OS3/c1-2-7-3-5-8(6-4-7)16-10-9(20-13(16)19)11(17)15-12(18)14-10/h3-6H,2H2,1H3,(H2,14,15,17,18)/p-1. The van der Waals surface area contributed by atoms with Gasteiger partial charge in [-0.25, -0.2) is 4.98 Å². The summed E-state index contributed by atoms with van der Waals surface area (Å²) in [7, 11) is 0. The zero-order valence-electron chi connectivity index (χ0n) is 10.5. The fourth-order valence-corrected chi connectivity index (χ4v) is 3.45. The first-order chi connectivity index (χ1) is 9.60. The highest BCUT2D eigenvalue weighted by Gasteiger charge is 2.11. The third-order valence-corrected chi connectivity index (χ3v) is 4.58. The minimum absolute atomic E-state index is 0.175. The molecule has 0 aliphatic heterocycles. The van der Waals surface area contributed by atoms with Gasteiger partial charge in [-0.15, -0.1) is 0 Å². The fraction of sp³-hybridized carbons (Fsp3) is 0.154. The van der Waals surface area contributed by atoms with Crippen molar-refractivity contribution in [2.24, 2.45) is 0 Å². The second kappa shape index (κ2) is 5.08. The molecule has 20 heavy (non-hydrogen) atoms. The predicted octanol–water partition coefficient (Wildman–Crippen LogP) is 2.97. The van der Waals surface area contributed by atoms with Crippen molar-refractivity contribution >= 4 is 46.5 Å². The van der Waals surface area contributed by atoms with Crippen molar-refractivity contribution in [3.05, 3.63) is 44.1 Å². The van der Waals surface area contributed by atoms with E-state index in [2.05, 4.69) is 16.9 Å². The zero-order valence-corrected chi connectivity index (χ0v) is 13.0. The molecule has 0 fully saturated rings. The van der Waals surface area contributed by atoms with E-state index < -0.39 is 0 Å². The first kappa shape index (κ1) is 13.4. The molecular formula is C13H10N3OS3-.